The lowest BCUT2D eigenvalue weighted by molar-refractivity contribution is -0.140. The van der Waals surface area contributed by atoms with Gasteiger partial charge in [0.1, 0.15) is 5.71 Å². The number of oxime groups is 1. The smallest absolute Gasteiger partial charge is 0.331 e. The van der Waals surface area contributed by atoms with E-state index in [-0.39, 0.29) is 11.5 Å². The summed E-state index contributed by atoms with van der Waals surface area (Å²) in [4.78, 5) is 33.0. The van der Waals surface area contributed by atoms with Gasteiger partial charge >= 0.3 is 5.97 Å². The molecule has 0 saturated carbocycles. The largest absolute Gasteiger partial charge is 0.439 e. The van der Waals surface area contributed by atoms with Crippen LogP contribution in [0.2, 0.25) is 0 Å². The lowest BCUT2D eigenvalue weighted by Gasteiger charge is -2.15. The number of rotatable bonds is 10. The number of ketones is 1. The number of carbonyl (C=O) groups is 2. The zero-order valence-corrected chi connectivity index (χ0v) is 22.1. The molecule has 0 fully saturated rings. The minimum absolute atomic E-state index is 0.221. The molecule has 0 aliphatic carbocycles. The van der Waals surface area contributed by atoms with Gasteiger partial charge < -0.3 is 14.5 Å². The minimum Gasteiger partial charge on any atom is -0.439 e. The third-order valence-corrected chi connectivity index (χ3v) is 6.80. The first-order valence-electron chi connectivity index (χ1n) is 12.4. The number of Topliss-reactive ketones (excluding diaryl/α,β-unsaturated/α-hetero) is 1. The van der Waals surface area contributed by atoms with Crippen LogP contribution in [0.4, 0.5) is 5.69 Å². The van der Waals surface area contributed by atoms with Gasteiger partial charge in [-0.3, -0.25) is 4.79 Å². The van der Waals surface area contributed by atoms with Crippen molar-refractivity contribution in [1.29, 1.82) is 0 Å². The molecule has 0 radical (unpaired) electrons. The Morgan fingerprint density at radius 2 is 1.65 bits per heavy atom. The summed E-state index contributed by atoms with van der Waals surface area (Å²) < 4.78 is 6.06. The number of hydrogen-bond acceptors (Lipinski definition) is 7. The van der Waals surface area contributed by atoms with Crippen molar-refractivity contribution in [2.45, 2.75) is 49.8 Å². The van der Waals surface area contributed by atoms with E-state index in [1.807, 2.05) is 43.3 Å². The predicted octanol–water partition coefficient (Wildman–Crippen LogP) is 7.35. The summed E-state index contributed by atoms with van der Waals surface area (Å²) in [7, 11) is 0. The van der Waals surface area contributed by atoms with E-state index in [4.69, 9.17) is 9.57 Å². The summed E-state index contributed by atoms with van der Waals surface area (Å²) >= 11 is 1.62. The van der Waals surface area contributed by atoms with E-state index in [1.54, 1.807) is 23.9 Å². The summed E-state index contributed by atoms with van der Waals surface area (Å²) in [5, 5.41) is 3.79. The molecule has 3 aromatic carbocycles. The molecule has 1 heterocycles. The van der Waals surface area contributed by atoms with Crippen LogP contribution in [0.5, 0.6) is 5.75 Å². The Kier molecular flexibility index (Phi) is 8.80. The topological polar surface area (TPSA) is 68.2 Å². The molecule has 6 nitrogen and oxygen atoms in total. The van der Waals surface area contributed by atoms with Crippen LogP contribution < -0.4 is 9.64 Å². The third kappa shape index (κ3) is 6.68. The molecule has 7 heteroatoms. The molecule has 0 bridgehead atoms. The van der Waals surface area contributed by atoms with Crippen LogP contribution >= 0.6 is 11.8 Å². The van der Waals surface area contributed by atoms with Crippen molar-refractivity contribution in [3.05, 3.63) is 89.8 Å². The summed E-state index contributed by atoms with van der Waals surface area (Å²) in [5.41, 5.74) is 2.92. The minimum atomic E-state index is -0.542. The van der Waals surface area contributed by atoms with Crippen molar-refractivity contribution in [3.8, 4) is 5.75 Å². The lowest BCUT2D eigenvalue weighted by Crippen LogP contribution is -2.19. The summed E-state index contributed by atoms with van der Waals surface area (Å²) in [6.45, 7) is 6.23. The van der Waals surface area contributed by atoms with Gasteiger partial charge in [0.2, 0.25) is 11.7 Å². The van der Waals surface area contributed by atoms with E-state index in [0.29, 0.717) is 12.0 Å². The Hall–Kier alpha value is -3.84. The molecule has 1 aliphatic rings. The second-order valence-corrected chi connectivity index (χ2v) is 9.69. The second-order valence-electron chi connectivity index (χ2n) is 8.55. The molecular weight excluding hydrogens is 484 g/mol. The summed E-state index contributed by atoms with van der Waals surface area (Å²) in [6.07, 6.45) is 4.22. The van der Waals surface area contributed by atoms with Crippen molar-refractivity contribution in [3.63, 3.8) is 0 Å². The van der Waals surface area contributed by atoms with E-state index >= 15 is 0 Å². The van der Waals surface area contributed by atoms with Crippen LogP contribution in [0.1, 0.15) is 56.0 Å². The van der Waals surface area contributed by atoms with Gasteiger partial charge in [-0.25, -0.2) is 4.79 Å². The number of nitrogens with zero attached hydrogens (tertiary/aromatic N) is 2. The Balaban J connectivity index is 1.42. The molecule has 0 saturated heterocycles. The number of benzene rings is 3. The maximum absolute atomic E-state index is 12.9. The normalized spacial score (nSPS) is 13.9. The first-order valence-corrected chi connectivity index (χ1v) is 13.2. The van der Waals surface area contributed by atoms with Gasteiger partial charge in [-0.15, -0.1) is 0 Å². The number of carbonyl (C=O) groups excluding carboxylic acids is 2. The van der Waals surface area contributed by atoms with Crippen molar-refractivity contribution >= 4 is 41.0 Å². The van der Waals surface area contributed by atoms with E-state index in [2.05, 4.69) is 47.3 Å². The molecule has 0 unspecified atom stereocenters. The van der Waals surface area contributed by atoms with E-state index in [0.717, 1.165) is 52.1 Å². The monoisotopic (exact) mass is 514 g/mol. The molecule has 37 heavy (non-hydrogen) atoms. The van der Waals surface area contributed by atoms with Gasteiger partial charge in [-0.1, -0.05) is 54.5 Å². The number of hydrogen-bond donors (Lipinski definition) is 0. The van der Waals surface area contributed by atoms with Gasteiger partial charge in [0, 0.05) is 34.9 Å². The zero-order chi connectivity index (χ0) is 26.2. The average molecular weight is 515 g/mol. The molecule has 0 amide bonds. The van der Waals surface area contributed by atoms with Gasteiger partial charge in [0.25, 0.3) is 0 Å². The molecule has 190 valence electrons. The first kappa shape index (κ1) is 26.2. The highest BCUT2D eigenvalue weighted by atomic mass is 32.2. The standard InChI is InChI=1S/C30H30N2O4S/c1-4-6-9-26(31-36-21(3)33)30(34)23-14-18-25(19-15-23)37-24-16-12-22(13-17-24)20-29-32(5-2)27-10-7-8-11-28(27)35-29/h7-8,10-20H,4-6,9H2,1-3H3/b29-20-,31-26+. The predicted molar refractivity (Wildman–Crippen MR) is 148 cm³/mol. The third-order valence-electron chi connectivity index (χ3n) is 5.79. The fraction of sp³-hybridized carbons (Fsp3) is 0.233. The van der Waals surface area contributed by atoms with E-state index in [9.17, 15) is 9.59 Å². The maximum Gasteiger partial charge on any atom is 0.331 e. The van der Waals surface area contributed by atoms with Crippen LogP contribution in [0.3, 0.4) is 0 Å². The maximum atomic E-state index is 12.9. The van der Waals surface area contributed by atoms with Crippen molar-refractivity contribution in [2.75, 3.05) is 11.4 Å². The summed E-state index contributed by atoms with van der Waals surface area (Å²) in [6, 6.07) is 23.7. The molecule has 3 aromatic rings. The highest BCUT2D eigenvalue weighted by Crippen LogP contribution is 2.39. The fourth-order valence-corrected chi connectivity index (χ4v) is 4.72. The van der Waals surface area contributed by atoms with E-state index < -0.39 is 5.97 Å². The Morgan fingerprint density at radius 3 is 2.30 bits per heavy atom. The number of ether oxygens (including phenoxy) is 1. The van der Waals surface area contributed by atoms with Crippen LogP contribution in [0.25, 0.3) is 6.08 Å². The van der Waals surface area contributed by atoms with Crippen molar-refractivity contribution in [1.82, 2.24) is 0 Å². The van der Waals surface area contributed by atoms with Crippen molar-refractivity contribution < 1.29 is 19.2 Å². The highest BCUT2D eigenvalue weighted by molar-refractivity contribution is 7.99. The van der Waals surface area contributed by atoms with Crippen LogP contribution in [-0.2, 0) is 9.63 Å². The fourth-order valence-electron chi connectivity index (χ4n) is 3.90. The van der Waals surface area contributed by atoms with Crippen LogP contribution in [-0.4, -0.2) is 24.0 Å². The molecule has 0 N–H and O–H groups in total. The molecule has 4 rings (SSSR count). The van der Waals surface area contributed by atoms with Crippen LogP contribution in [0.15, 0.2) is 93.6 Å². The average Bonchev–Trinajstić information content (AvgIpc) is 3.26. The van der Waals surface area contributed by atoms with E-state index in [1.165, 1.54) is 6.92 Å². The Morgan fingerprint density at radius 1 is 0.973 bits per heavy atom. The van der Waals surface area contributed by atoms with Gasteiger partial charge in [0.05, 0.1) is 5.69 Å². The van der Waals surface area contributed by atoms with Gasteiger partial charge in [-0.05, 0) is 73.9 Å². The number of para-hydroxylation sites is 2. The van der Waals surface area contributed by atoms with Crippen molar-refractivity contribution in [2.24, 2.45) is 5.16 Å². The Labute approximate surface area is 222 Å². The first-order chi connectivity index (χ1) is 18.0. The molecule has 1 aliphatic heterocycles. The molecule has 0 aromatic heterocycles. The Bertz CT molecular complexity index is 1310. The zero-order valence-electron chi connectivity index (χ0n) is 21.3. The second kappa shape index (κ2) is 12.4. The number of anilines is 1. The quantitative estimate of drug-likeness (QED) is 0.122. The number of unbranched alkanes of at least 4 members (excludes halogenated alkanes) is 1. The SMILES string of the molecule is CCCC/C(=N\OC(C)=O)C(=O)c1ccc(Sc2ccc(/C=C3\Oc4ccccc4N3CC)cc2)cc1. The molecular formula is C30H30N2O4S. The van der Waals surface area contributed by atoms with Gasteiger partial charge in [-0.2, -0.15) is 0 Å². The highest BCUT2D eigenvalue weighted by Gasteiger charge is 2.24. The molecule has 0 atom stereocenters. The van der Waals surface area contributed by atoms with Gasteiger partial charge in [0.15, 0.2) is 5.75 Å². The van der Waals surface area contributed by atoms with Crippen LogP contribution in [0, 0.1) is 0 Å². The number of fused-ring (bicyclic) bond motifs is 1. The molecule has 0 spiro atoms. The lowest BCUT2D eigenvalue weighted by atomic mass is 10.0. The summed E-state index contributed by atoms with van der Waals surface area (Å²) in [5.74, 6) is 0.931.